The highest BCUT2D eigenvalue weighted by Gasteiger charge is 2.28. The number of rotatable bonds is 2. The summed E-state index contributed by atoms with van der Waals surface area (Å²) in [4.78, 5) is 34.0. The third kappa shape index (κ3) is 3.39. The minimum atomic E-state index is 0.0399. The fourth-order valence-corrected chi connectivity index (χ4v) is 5.47. The minimum absolute atomic E-state index is 0.0399. The van der Waals surface area contributed by atoms with Crippen LogP contribution in [0.25, 0.3) is 21.7 Å². The highest BCUT2D eigenvalue weighted by Crippen LogP contribution is 2.31. The zero-order chi connectivity index (χ0) is 22.4. The molecule has 0 unspecified atom stereocenters. The van der Waals surface area contributed by atoms with Crippen LogP contribution in [0.1, 0.15) is 44.8 Å². The van der Waals surface area contributed by atoms with Crippen molar-refractivity contribution in [2.24, 2.45) is 0 Å². The van der Waals surface area contributed by atoms with E-state index in [1.165, 1.54) is 29.5 Å². The van der Waals surface area contributed by atoms with Gasteiger partial charge < -0.3 is 14.8 Å². The topological polar surface area (TPSA) is 56.4 Å². The van der Waals surface area contributed by atoms with Crippen molar-refractivity contribution in [3.63, 3.8) is 0 Å². The second-order valence-corrected chi connectivity index (χ2v) is 9.13. The molecule has 1 N–H and O–H groups in total. The maximum Gasteiger partial charge on any atom is 0.256 e. The summed E-state index contributed by atoms with van der Waals surface area (Å²) in [6.45, 7) is 2.19. The third-order valence-corrected chi connectivity index (χ3v) is 7.24. The molecule has 0 bridgehead atoms. The Labute approximate surface area is 193 Å². The number of benzene rings is 3. The van der Waals surface area contributed by atoms with E-state index in [1.807, 2.05) is 64.4 Å². The van der Waals surface area contributed by atoms with Gasteiger partial charge in [0.2, 0.25) is 0 Å². The van der Waals surface area contributed by atoms with Crippen molar-refractivity contribution < 1.29 is 9.59 Å². The standard InChI is InChI=1S/C28H27N3O2/c32-27(23-12-5-8-19-7-1-2-9-20(19)23)30-15-17-31(18-16-30)28(33)24-13-6-11-22-21-10-3-4-14-25(21)29-26(22)24/h1-2,5-9,11-13,29H,3-4,10,14-18H2. The summed E-state index contributed by atoms with van der Waals surface area (Å²) >= 11 is 0. The highest BCUT2D eigenvalue weighted by atomic mass is 16.2. The molecule has 1 fully saturated rings. The van der Waals surface area contributed by atoms with Crippen molar-refractivity contribution in [1.82, 2.24) is 14.8 Å². The third-order valence-electron chi connectivity index (χ3n) is 7.24. The molecule has 2 heterocycles. The Hall–Kier alpha value is -3.60. The van der Waals surface area contributed by atoms with Gasteiger partial charge in [-0.1, -0.05) is 48.5 Å². The molecule has 2 aliphatic rings. The Balaban J connectivity index is 1.21. The Morgan fingerprint density at radius 1 is 0.667 bits per heavy atom. The lowest BCUT2D eigenvalue weighted by Crippen LogP contribution is -2.50. The first-order chi connectivity index (χ1) is 16.2. The van der Waals surface area contributed by atoms with Crippen molar-refractivity contribution >= 4 is 33.5 Å². The summed E-state index contributed by atoms with van der Waals surface area (Å²) in [6.07, 6.45) is 4.56. The molecular formula is C28H27N3O2. The average molecular weight is 438 g/mol. The highest BCUT2D eigenvalue weighted by molar-refractivity contribution is 6.08. The van der Waals surface area contributed by atoms with Crippen LogP contribution in [0.4, 0.5) is 0 Å². The van der Waals surface area contributed by atoms with Gasteiger partial charge in [-0.2, -0.15) is 0 Å². The van der Waals surface area contributed by atoms with Crippen LogP contribution in [-0.4, -0.2) is 52.8 Å². The number of para-hydroxylation sites is 1. The molecule has 4 aromatic rings. The van der Waals surface area contributed by atoms with E-state index in [9.17, 15) is 9.59 Å². The number of nitrogens with zero attached hydrogens (tertiary/aromatic N) is 2. The van der Waals surface area contributed by atoms with Gasteiger partial charge in [-0.15, -0.1) is 0 Å². The lowest BCUT2D eigenvalue weighted by Gasteiger charge is -2.35. The van der Waals surface area contributed by atoms with Gasteiger partial charge in [0, 0.05) is 42.8 Å². The summed E-state index contributed by atoms with van der Waals surface area (Å²) < 4.78 is 0. The molecule has 0 atom stereocenters. The van der Waals surface area contributed by atoms with Gasteiger partial charge in [-0.05, 0) is 54.2 Å². The molecule has 5 heteroatoms. The van der Waals surface area contributed by atoms with E-state index in [1.54, 1.807) is 0 Å². The van der Waals surface area contributed by atoms with Gasteiger partial charge in [0.15, 0.2) is 0 Å². The molecule has 0 spiro atoms. The Kier molecular flexibility index (Phi) is 4.90. The molecule has 2 amide bonds. The summed E-state index contributed by atoms with van der Waals surface area (Å²) in [7, 11) is 0. The number of amides is 2. The van der Waals surface area contributed by atoms with E-state index in [0.29, 0.717) is 26.2 Å². The number of hydrogen-bond donors (Lipinski definition) is 1. The summed E-state index contributed by atoms with van der Waals surface area (Å²) in [5.74, 6) is 0.0921. The SMILES string of the molecule is O=C(c1cccc2ccccc12)N1CCN(C(=O)c2cccc3c4c([nH]c23)CCCC4)CC1. The Morgan fingerprint density at radius 3 is 2.09 bits per heavy atom. The van der Waals surface area contributed by atoms with E-state index >= 15 is 0 Å². The molecule has 0 radical (unpaired) electrons. The van der Waals surface area contributed by atoms with Crippen LogP contribution >= 0.6 is 0 Å². The predicted molar refractivity (Wildman–Crippen MR) is 131 cm³/mol. The van der Waals surface area contributed by atoms with Crippen molar-refractivity contribution in [2.75, 3.05) is 26.2 Å². The molecule has 0 saturated carbocycles. The largest absolute Gasteiger partial charge is 0.358 e. The van der Waals surface area contributed by atoms with Crippen LogP contribution in [0.2, 0.25) is 0 Å². The van der Waals surface area contributed by atoms with E-state index in [4.69, 9.17) is 0 Å². The van der Waals surface area contributed by atoms with Crippen molar-refractivity contribution in [2.45, 2.75) is 25.7 Å². The lowest BCUT2D eigenvalue weighted by molar-refractivity contribution is 0.0537. The normalized spacial score (nSPS) is 16.2. The quantitative estimate of drug-likeness (QED) is 0.490. The van der Waals surface area contributed by atoms with Crippen molar-refractivity contribution in [3.05, 3.63) is 83.0 Å². The van der Waals surface area contributed by atoms with Gasteiger partial charge in [0.25, 0.3) is 11.8 Å². The van der Waals surface area contributed by atoms with Crippen LogP contribution in [-0.2, 0) is 12.8 Å². The summed E-state index contributed by atoms with van der Waals surface area (Å²) in [6, 6.07) is 19.9. The molecule has 6 rings (SSSR count). The number of hydrogen-bond acceptors (Lipinski definition) is 2. The van der Waals surface area contributed by atoms with Gasteiger partial charge >= 0.3 is 0 Å². The number of carbonyl (C=O) groups is 2. The number of aromatic amines is 1. The molecular weight excluding hydrogens is 410 g/mol. The molecule has 1 saturated heterocycles. The number of aromatic nitrogens is 1. The van der Waals surface area contributed by atoms with Gasteiger partial charge in [0.1, 0.15) is 0 Å². The molecule has 1 aromatic heterocycles. The first-order valence-electron chi connectivity index (χ1n) is 11.9. The minimum Gasteiger partial charge on any atom is -0.358 e. The average Bonchev–Trinajstić information content (AvgIpc) is 3.26. The maximum atomic E-state index is 13.5. The number of carbonyl (C=O) groups excluding carboxylic acids is 2. The molecule has 1 aliphatic carbocycles. The van der Waals surface area contributed by atoms with Crippen molar-refractivity contribution in [3.8, 4) is 0 Å². The Bertz CT molecular complexity index is 1370. The summed E-state index contributed by atoms with van der Waals surface area (Å²) in [5.41, 5.74) is 5.13. The molecule has 1 aliphatic heterocycles. The van der Waals surface area contributed by atoms with Gasteiger partial charge in [-0.25, -0.2) is 0 Å². The zero-order valence-corrected chi connectivity index (χ0v) is 18.6. The molecule has 3 aromatic carbocycles. The lowest BCUT2D eigenvalue weighted by atomic mass is 9.95. The van der Waals surface area contributed by atoms with Gasteiger partial charge in [0.05, 0.1) is 11.1 Å². The van der Waals surface area contributed by atoms with Crippen LogP contribution in [0.15, 0.2) is 60.7 Å². The van der Waals surface area contributed by atoms with Gasteiger partial charge in [-0.3, -0.25) is 9.59 Å². The molecule has 5 nitrogen and oxygen atoms in total. The second-order valence-electron chi connectivity index (χ2n) is 9.13. The number of piperazine rings is 1. The first kappa shape index (κ1) is 20.0. The van der Waals surface area contributed by atoms with E-state index in [-0.39, 0.29) is 11.8 Å². The first-order valence-corrected chi connectivity index (χ1v) is 11.9. The van der Waals surface area contributed by atoms with Crippen molar-refractivity contribution in [1.29, 1.82) is 0 Å². The molecule has 166 valence electrons. The van der Waals surface area contributed by atoms with Crippen LogP contribution in [0, 0.1) is 0 Å². The van der Waals surface area contributed by atoms with Crippen LogP contribution in [0.3, 0.4) is 0 Å². The number of aryl methyl sites for hydroxylation is 2. The number of H-pyrrole nitrogens is 1. The number of nitrogens with one attached hydrogen (secondary N) is 1. The smallest absolute Gasteiger partial charge is 0.256 e. The monoisotopic (exact) mass is 437 g/mol. The fourth-order valence-electron chi connectivity index (χ4n) is 5.47. The number of fused-ring (bicyclic) bond motifs is 4. The van der Waals surface area contributed by atoms with E-state index in [2.05, 4.69) is 11.1 Å². The Morgan fingerprint density at radius 2 is 1.27 bits per heavy atom. The van der Waals surface area contributed by atoms with E-state index in [0.717, 1.165) is 40.3 Å². The van der Waals surface area contributed by atoms with Crippen LogP contribution < -0.4 is 0 Å². The second kappa shape index (κ2) is 8.07. The maximum absolute atomic E-state index is 13.5. The molecule has 33 heavy (non-hydrogen) atoms. The van der Waals surface area contributed by atoms with Crippen LogP contribution in [0.5, 0.6) is 0 Å². The fraction of sp³-hybridized carbons (Fsp3) is 0.286. The van der Waals surface area contributed by atoms with E-state index < -0.39 is 0 Å². The summed E-state index contributed by atoms with van der Waals surface area (Å²) in [5, 5.41) is 3.24. The predicted octanol–water partition coefficient (Wildman–Crippen LogP) is 4.80. The zero-order valence-electron chi connectivity index (χ0n) is 18.6.